The fourth-order valence-corrected chi connectivity index (χ4v) is 4.03. The lowest BCUT2D eigenvalue weighted by atomic mass is 9.89. The molecule has 5 nitrogen and oxygen atoms in total. The van der Waals surface area contributed by atoms with Crippen LogP contribution in [0.3, 0.4) is 0 Å². The number of aryl methyl sites for hydroxylation is 2. The molecule has 130 valence electrons. The number of nitrogens with zero attached hydrogens (tertiary/aromatic N) is 2. The van der Waals surface area contributed by atoms with E-state index in [4.69, 9.17) is 5.10 Å². The Morgan fingerprint density at radius 3 is 2.76 bits per heavy atom. The Balaban J connectivity index is 1.55. The molecule has 2 N–H and O–H groups in total. The number of nitrogens with one attached hydrogen (secondary N) is 2. The first-order valence-electron chi connectivity index (χ1n) is 9.58. The predicted octanol–water partition coefficient (Wildman–Crippen LogP) is 2.70. The fraction of sp³-hybridized carbons (Fsp3) is 0.500. The van der Waals surface area contributed by atoms with E-state index >= 15 is 0 Å². The van der Waals surface area contributed by atoms with E-state index in [1.54, 1.807) is 0 Å². The molecule has 2 aromatic heterocycles. The maximum atomic E-state index is 12.6. The van der Waals surface area contributed by atoms with Crippen LogP contribution in [0, 0.1) is 0 Å². The van der Waals surface area contributed by atoms with Crippen molar-refractivity contribution in [3.8, 4) is 0 Å². The van der Waals surface area contributed by atoms with Crippen LogP contribution in [0.15, 0.2) is 23.0 Å². The highest BCUT2D eigenvalue weighted by molar-refractivity contribution is 5.96. The molecule has 1 fully saturated rings. The van der Waals surface area contributed by atoms with E-state index in [0.717, 1.165) is 68.1 Å². The third kappa shape index (κ3) is 2.67. The van der Waals surface area contributed by atoms with Crippen LogP contribution in [-0.4, -0.2) is 27.4 Å². The molecule has 0 unspecified atom stereocenters. The predicted molar refractivity (Wildman–Crippen MR) is 99.8 cm³/mol. The normalized spacial score (nSPS) is 19.0. The maximum Gasteiger partial charge on any atom is 0.253 e. The molecule has 3 aliphatic carbocycles. The number of hydrogen-bond donors (Lipinski definition) is 2. The van der Waals surface area contributed by atoms with Gasteiger partial charge in [-0.15, -0.1) is 0 Å². The van der Waals surface area contributed by atoms with Crippen LogP contribution in [-0.2, 0) is 19.4 Å². The van der Waals surface area contributed by atoms with Gasteiger partial charge in [-0.3, -0.25) is 4.79 Å². The van der Waals surface area contributed by atoms with Gasteiger partial charge in [-0.05, 0) is 57.1 Å². The average molecular weight is 336 g/mol. The maximum absolute atomic E-state index is 12.6. The zero-order chi connectivity index (χ0) is 16.8. The lowest BCUT2D eigenvalue weighted by molar-refractivity contribution is 0.549. The zero-order valence-electron chi connectivity index (χ0n) is 14.5. The molecule has 1 saturated carbocycles. The zero-order valence-corrected chi connectivity index (χ0v) is 14.5. The molecule has 0 aromatic carbocycles. The highest BCUT2D eigenvalue weighted by Gasteiger charge is 2.24. The number of aromatic nitrogens is 3. The molecular formula is C20H24N4O. The summed E-state index contributed by atoms with van der Waals surface area (Å²) in [4.78, 5) is 15.7. The summed E-state index contributed by atoms with van der Waals surface area (Å²) in [6, 6.07) is 0.738. The number of pyridine rings is 1. The summed E-state index contributed by atoms with van der Waals surface area (Å²) in [7, 11) is 0. The molecule has 2 heterocycles. The largest absolute Gasteiger partial charge is 0.314 e. The van der Waals surface area contributed by atoms with Crippen molar-refractivity contribution in [3.63, 3.8) is 0 Å². The Morgan fingerprint density at radius 2 is 2.04 bits per heavy atom. The molecule has 5 rings (SSSR count). The monoisotopic (exact) mass is 336 g/mol. The third-order valence-electron chi connectivity index (χ3n) is 5.61. The number of H-pyrrole nitrogens is 1. The summed E-state index contributed by atoms with van der Waals surface area (Å²) in [5, 5.41) is 9.63. The number of fused-ring (bicyclic) bond motifs is 3. The van der Waals surface area contributed by atoms with Gasteiger partial charge in [-0.25, -0.2) is 4.68 Å². The summed E-state index contributed by atoms with van der Waals surface area (Å²) in [6.07, 6.45) is 14.1. The summed E-state index contributed by atoms with van der Waals surface area (Å²) >= 11 is 0. The first kappa shape index (κ1) is 15.1. The van der Waals surface area contributed by atoms with Crippen LogP contribution in [0.2, 0.25) is 0 Å². The Bertz CT molecular complexity index is 943. The van der Waals surface area contributed by atoms with Crippen molar-refractivity contribution < 1.29 is 0 Å². The van der Waals surface area contributed by atoms with E-state index in [2.05, 4.69) is 28.5 Å². The summed E-state index contributed by atoms with van der Waals surface area (Å²) in [6.45, 7) is 1.85. The Hall–Kier alpha value is -2.14. The van der Waals surface area contributed by atoms with Gasteiger partial charge >= 0.3 is 0 Å². The van der Waals surface area contributed by atoms with Crippen molar-refractivity contribution >= 4 is 16.6 Å². The van der Waals surface area contributed by atoms with Crippen molar-refractivity contribution in [2.45, 2.75) is 57.5 Å². The van der Waals surface area contributed by atoms with Gasteiger partial charge in [0.05, 0.1) is 0 Å². The van der Waals surface area contributed by atoms with Gasteiger partial charge in [0.1, 0.15) is 11.3 Å². The van der Waals surface area contributed by atoms with Gasteiger partial charge in [0.25, 0.3) is 5.56 Å². The lowest BCUT2D eigenvalue weighted by Crippen LogP contribution is -2.21. The van der Waals surface area contributed by atoms with Crippen LogP contribution in [0.1, 0.15) is 48.9 Å². The van der Waals surface area contributed by atoms with Crippen LogP contribution >= 0.6 is 0 Å². The van der Waals surface area contributed by atoms with E-state index in [-0.39, 0.29) is 5.56 Å². The molecule has 0 saturated heterocycles. The first-order chi connectivity index (χ1) is 12.3. The minimum absolute atomic E-state index is 0.0872. The van der Waals surface area contributed by atoms with Gasteiger partial charge < -0.3 is 10.3 Å². The Kier molecular flexibility index (Phi) is 3.63. The molecule has 5 heteroatoms. The summed E-state index contributed by atoms with van der Waals surface area (Å²) in [5.74, 6) is 0. The number of rotatable bonds is 6. The second-order valence-electron chi connectivity index (χ2n) is 7.48. The van der Waals surface area contributed by atoms with Crippen LogP contribution in [0.4, 0.5) is 0 Å². The molecule has 25 heavy (non-hydrogen) atoms. The average Bonchev–Trinajstić information content (AvgIpc) is 3.33. The van der Waals surface area contributed by atoms with E-state index < -0.39 is 0 Å². The van der Waals surface area contributed by atoms with Gasteiger partial charge in [0.15, 0.2) is 0 Å². The Morgan fingerprint density at radius 1 is 1.24 bits per heavy atom. The first-order valence-corrected chi connectivity index (χ1v) is 9.58. The van der Waals surface area contributed by atoms with E-state index in [0.29, 0.717) is 0 Å². The van der Waals surface area contributed by atoms with E-state index in [9.17, 15) is 4.79 Å². The van der Waals surface area contributed by atoms with Crippen molar-refractivity contribution in [3.05, 3.63) is 45.4 Å². The molecule has 3 aliphatic rings. The number of allylic oxidation sites excluding steroid dienone is 4. The molecular weight excluding hydrogens is 312 g/mol. The van der Waals surface area contributed by atoms with Gasteiger partial charge in [0.2, 0.25) is 0 Å². The summed E-state index contributed by atoms with van der Waals surface area (Å²) in [5.41, 5.74) is 5.45. The molecule has 0 amide bonds. The fourth-order valence-electron chi connectivity index (χ4n) is 4.03. The SMILES string of the molecule is O=c1[nH]c2c(c(C3=CC=C3)nn2CCCNC2CC2)c2c1CCCC2. The molecule has 0 atom stereocenters. The van der Waals surface area contributed by atoms with Gasteiger partial charge in [-0.1, -0.05) is 18.2 Å². The van der Waals surface area contributed by atoms with Crippen molar-refractivity contribution in [2.24, 2.45) is 0 Å². The molecule has 0 spiro atoms. The molecule has 0 aliphatic heterocycles. The topological polar surface area (TPSA) is 62.7 Å². The third-order valence-corrected chi connectivity index (χ3v) is 5.61. The second-order valence-corrected chi connectivity index (χ2v) is 7.48. The van der Waals surface area contributed by atoms with E-state index in [1.165, 1.54) is 29.4 Å². The minimum atomic E-state index is 0.0872. The lowest BCUT2D eigenvalue weighted by Gasteiger charge is -2.16. The highest BCUT2D eigenvalue weighted by Crippen LogP contribution is 2.33. The van der Waals surface area contributed by atoms with Crippen molar-refractivity contribution in [1.29, 1.82) is 0 Å². The molecule has 2 aromatic rings. The van der Waals surface area contributed by atoms with Crippen LogP contribution in [0.25, 0.3) is 16.6 Å². The van der Waals surface area contributed by atoms with Crippen LogP contribution in [0.5, 0.6) is 0 Å². The van der Waals surface area contributed by atoms with Gasteiger partial charge in [-0.2, -0.15) is 5.10 Å². The van der Waals surface area contributed by atoms with Crippen molar-refractivity contribution in [2.75, 3.05) is 6.54 Å². The highest BCUT2D eigenvalue weighted by atomic mass is 16.1. The van der Waals surface area contributed by atoms with Gasteiger partial charge in [0, 0.05) is 29.1 Å². The minimum Gasteiger partial charge on any atom is -0.314 e. The molecule has 0 bridgehead atoms. The van der Waals surface area contributed by atoms with Crippen LogP contribution < -0.4 is 10.9 Å². The van der Waals surface area contributed by atoms with E-state index in [1.807, 2.05) is 4.68 Å². The van der Waals surface area contributed by atoms with Crippen molar-refractivity contribution in [1.82, 2.24) is 20.1 Å². The standard InChI is InChI=1S/C20H24N4O/c25-20-16-8-2-1-7-15(16)17-18(13-5-3-6-13)23-24(19(17)22-20)12-4-11-21-14-9-10-14/h3,5-6,14,21H,1-2,4,7-12H2,(H,22,25). The number of aromatic amines is 1. The smallest absolute Gasteiger partial charge is 0.253 e. The quantitative estimate of drug-likeness (QED) is 0.797. The molecule has 0 radical (unpaired) electrons. The number of hydrogen-bond acceptors (Lipinski definition) is 3. The second kappa shape index (κ2) is 5.99. The Labute approximate surface area is 146 Å². The summed E-state index contributed by atoms with van der Waals surface area (Å²) < 4.78 is 2.02.